The molecule has 2 atom stereocenters. The first-order valence-corrected chi connectivity index (χ1v) is 6.03. The third-order valence-electron chi connectivity index (χ3n) is 3.41. The van der Waals surface area contributed by atoms with Gasteiger partial charge in [0.15, 0.2) is 0 Å². The highest BCUT2D eigenvalue weighted by Gasteiger charge is 2.20. The maximum atomic E-state index is 3.65. The van der Waals surface area contributed by atoms with Crippen LogP contribution in [0.25, 0.3) is 0 Å². The van der Waals surface area contributed by atoms with E-state index in [1.807, 2.05) is 0 Å². The molecule has 0 spiro atoms. The van der Waals surface area contributed by atoms with Crippen molar-refractivity contribution in [1.82, 2.24) is 5.32 Å². The molecular weight excluding hydrogens is 182 g/mol. The minimum Gasteiger partial charge on any atom is -0.310 e. The van der Waals surface area contributed by atoms with Crippen molar-refractivity contribution in [3.63, 3.8) is 0 Å². The molecule has 0 saturated heterocycles. The van der Waals surface area contributed by atoms with Gasteiger partial charge < -0.3 is 5.32 Å². The first kappa shape index (κ1) is 10.7. The molecule has 15 heavy (non-hydrogen) atoms. The first-order chi connectivity index (χ1) is 7.24. The highest BCUT2D eigenvalue weighted by atomic mass is 14.9. The molecule has 0 radical (unpaired) electrons. The van der Waals surface area contributed by atoms with Crippen molar-refractivity contribution in [1.29, 1.82) is 0 Å². The summed E-state index contributed by atoms with van der Waals surface area (Å²) in [7, 11) is 0. The van der Waals surface area contributed by atoms with Gasteiger partial charge in [-0.1, -0.05) is 36.8 Å². The Morgan fingerprint density at radius 1 is 1.20 bits per heavy atom. The van der Waals surface area contributed by atoms with Gasteiger partial charge >= 0.3 is 0 Å². The van der Waals surface area contributed by atoms with Gasteiger partial charge in [-0.05, 0) is 37.7 Å². The van der Waals surface area contributed by atoms with Crippen LogP contribution < -0.4 is 5.32 Å². The predicted molar refractivity (Wildman–Crippen MR) is 64.8 cm³/mol. The van der Waals surface area contributed by atoms with E-state index in [1.165, 1.54) is 30.4 Å². The van der Waals surface area contributed by atoms with Gasteiger partial charge in [0.05, 0.1) is 0 Å². The van der Waals surface area contributed by atoms with Crippen molar-refractivity contribution in [2.45, 2.75) is 45.7 Å². The lowest BCUT2D eigenvalue weighted by molar-refractivity contribution is 0.502. The van der Waals surface area contributed by atoms with Gasteiger partial charge in [-0.25, -0.2) is 0 Å². The van der Waals surface area contributed by atoms with E-state index in [0.717, 1.165) is 18.5 Å². The maximum Gasteiger partial charge on any atom is 0.0208 e. The zero-order valence-corrected chi connectivity index (χ0v) is 9.79. The molecule has 0 aromatic heterocycles. The number of hydrogen-bond donors (Lipinski definition) is 1. The molecule has 82 valence electrons. The van der Waals surface area contributed by atoms with Gasteiger partial charge in [-0.3, -0.25) is 0 Å². The second kappa shape index (κ2) is 4.80. The number of rotatable bonds is 3. The van der Waals surface area contributed by atoms with Crippen LogP contribution in [-0.2, 0) is 6.54 Å². The Labute approximate surface area is 92.9 Å². The van der Waals surface area contributed by atoms with Gasteiger partial charge in [0.1, 0.15) is 0 Å². The van der Waals surface area contributed by atoms with Gasteiger partial charge in [-0.15, -0.1) is 0 Å². The molecule has 2 rings (SSSR count). The fourth-order valence-corrected chi connectivity index (χ4v) is 2.36. The minimum absolute atomic E-state index is 0.751. The van der Waals surface area contributed by atoms with Crippen LogP contribution in [0.5, 0.6) is 0 Å². The second-order valence-electron chi connectivity index (χ2n) is 4.98. The van der Waals surface area contributed by atoms with Crippen LogP contribution in [0, 0.1) is 12.8 Å². The summed E-state index contributed by atoms with van der Waals surface area (Å²) in [5, 5.41) is 3.65. The van der Waals surface area contributed by atoms with Crippen molar-refractivity contribution in [3.05, 3.63) is 35.4 Å². The highest BCUT2D eigenvalue weighted by Crippen LogP contribution is 2.24. The Bertz CT molecular complexity index is 302. The average Bonchev–Trinajstić information content (AvgIpc) is 2.64. The Kier molecular flexibility index (Phi) is 3.42. The van der Waals surface area contributed by atoms with Crippen molar-refractivity contribution < 1.29 is 0 Å². The molecular formula is C14H21N. The van der Waals surface area contributed by atoms with Crippen LogP contribution in [-0.4, -0.2) is 6.04 Å². The summed E-state index contributed by atoms with van der Waals surface area (Å²) < 4.78 is 0. The monoisotopic (exact) mass is 203 g/mol. The molecule has 0 amide bonds. The van der Waals surface area contributed by atoms with E-state index in [9.17, 15) is 0 Å². The minimum atomic E-state index is 0.751. The molecule has 1 fully saturated rings. The fourth-order valence-electron chi connectivity index (χ4n) is 2.36. The Morgan fingerprint density at radius 2 is 1.93 bits per heavy atom. The van der Waals surface area contributed by atoms with Crippen LogP contribution >= 0.6 is 0 Å². The molecule has 1 aromatic carbocycles. The first-order valence-electron chi connectivity index (χ1n) is 6.03. The largest absolute Gasteiger partial charge is 0.310 e. The van der Waals surface area contributed by atoms with Crippen molar-refractivity contribution in [2.75, 3.05) is 0 Å². The van der Waals surface area contributed by atoms with Crippen LogP contribution in [0.2, 0.25) is 0 Å². The third-order valence-corrected chi connectivity index (χ3v) is 3.41. The van der Waals surface area contributed by atoms with E-state index < -0.39 is 0 Å². The average molecular weight is 203 g/mol. The van der Waals surface area contributed by atoms with Gasteiger partial charge in [0.25, 0.3) is 0 Å². The summed E-state index contributed by atoms with van der Waals surface area (Å²) in [4.78, 5) is 0. The molecule has 0 unspecified atom stereocenters. The molecule has 1 heteroatoms. The topological polar surface area (TPSA) is 12.0 Å². The van der Waals surface area contributed by atoms with E-state index in [4.69, 9.17) is 0 Å². The van der Waals surface area contributed by atoms with Crippen molar-refractivity contribution >= 4 is 0 Å². The number of nitrogens with one attached hydrogen (secondary N) is 1. The summed E-state index contributed by atoms with van der Waals surface area (Å²) in [5.41, 5.74) is 2.74. The fraction of sp³-hybridized carbons (Fsp3) is 0.571. The number of hydrogen-bond acceptors (Lipinski definition) is 1. The van der Waals surface area contributed by atoms with Crippen LogP contribution in [0.4, 0.5) is 0 Å². The lowest BCUT2D eigenvalue weighted by Crippen LogP contribution is -2.25. The predicted octanol–water partition coefficient (Wildman–Crippen LogP) is 3.27. The molecule has 0 bridgehead atoms. The van der Waals surface area contributed by atoms with Gasteiger partial charge in [-0.2, -0.15) is 0 Å². The molecule has 1 saturated carbocycles. The molecule has 0 aliphatic heterocycles. The smallest absolute Gasteiger partial charge is 0.0208 e. The number of benzene rings is 1. The maximum absolute atomic E-state index is 3.65. The highest BCUT2D eigenvalue weighted by molar-refractivity contribution is 5.21. The number of aryl methyl sites for hydroxylation is 1. The summed E-state index contributed by atoms with van der Waals surface area (Å²) >= 11 is 0. The lowest BCUT2D eigenvalue weighted by Gasteiger charge is -2.12. The molecule has 0 heterocycles. The lowest BCUT2D eigenvalue weighted by atomic mass is 10.1. The Balaban J connectivity index is 1.80. The Morgan fingerprint density at radius 3 is 2.53 bits per heavy atom. The molecule has 1 aromatic rings. The molecule has 1 aliphatic carbocycles. The molecule has 1 aliphatic rings. The van der Waals surface area contributed by atoms with E-state index in [-0.39, 0.29) is 0 Å². The van der Waals surface area contributed by atoms with Crippen LogP contribution in [0.3, 0.4) is 0 Å². The summed E-state index contributed by atoms with van der Waals surface area (Å²) in [6, 6.07) is 9.57. The van der Waals surface area contributed by atoms with Gasteiger partial charge in [0, 0.05) is 12.6 Å². The SMILES string of the molecule is Cc1ccc(CN[C@H]2CC[C@@H](C)C2)cc1. The zero-order chi connectivity index (χ0) is 10.7. The summed E-state index contributed by atoms with van der Waals surface area (Å²) in [6.07, 6.45) is 4.10. The second-order valence-corrected chi connectivity index (χ2v) is 4.98. The Hall–Kier alpha value is -0.820. The van der Waals surface area contributed by atoms with Crippen molar-refractivity contribution in [2.24, 2.45) is 5.92 Å². The van der Waals surface area contributed by atoms with E-state index in [1.54, 1.807) is 0 Å². The van der Waals surface area contributed by atoms with Gasteiger partial charge in [0.2, 0.25) is 0 Å². The van der Waals surface area contributed by atoms with Crippen LogP contribution in [0.1, 0.15) is 37.3 Å². The van der Waals surface area contributed by atoms with E-state index >= 15 is 0 Å². The summed E-state index contributed by atoms with van der Waals surface area (Å²) in [5.74, 6) is 0.917. The van der Waals surface area contributed by atoms with E-state index in [0.29, 0.717) is 0 Å². The summed E-state index contributed by atoms with van der Waals surface area (Å²) in [6.45, 7) is 5.51. The van der Waals surface area contributed by atoms with Crippen LogP contribution in [0.15, 0.2) is 24.3 Å². The normalized spacial score (nSPS) is 25.7. The van der Waals surface area contributed by atoms with Crippen molar-refractivity contribution in [3.8, 4) is 0 Å². The molecule has 1 N–H and O–H groups in total. The molecule has 1 nitrogen and oxygen atoms in total. The standard InChI is InChI=1S/C14H21N/c1-11-3-6-13(7-4-11)10-15-14-8-5-12(2)9-14/h3-4,6-7,12,14-15H,5,8-10H2,1-2H3/t12-,14+/m1/s1. The quantitative estimate of drug-likeness (QED) is 0.795. The van der Waals surface area contributed by atoms with E-state index in [2.05, 4.69) is 43.4 Å². The zero-order valence-electron chi connectivity index (χ0n) is 9.79. The third kappa shape index (κ3) is 3.07.